The summed E-state index contributed by atoms with van der Waals surface area (Å²) < 4.78 is 5.46. The molecule has 4 nitrogen and oxygen atoms in total. The van der Waals surface area contributed by atoms with E-state index in [0.29, 0.717) is 5.95 Å². The Bertz CT molecular complexity index is 695. The number of pyridine rings is 1. The minimum absolute atomic E-state index is 0.431. The van der Waals surface area contributed by atoms with Crippen LogP contribution in [-0.2, 0) is 0 Å². The van der Waals surface area contributed by atoms with Crippen molar-refractivity contribution >= 4 is 28.0 Å². The second-order valence-corrected chi connectivity index (χ2v) is 20.7. The maximum atomic E-state index is 6.12. The van der Waals surface area contributed by atoms with Gasteiger partial charge in [-0.15, -0.1) is 0 Å². The van der Waals surface area contributed by atoms with Gasteiger partial charge >= 0.3 is 170 Å². The van der Waals surface area contributed by atoms with Crippen molar-refractivity contribution in [2.75, 3.05) is 5.73 Å². The Labute approximate surface area is 169 Å². The van der Waals surface area contributed by atoms with Crippen LogP contribution in [0.1, 0.15) is 65.0 Å². The monoisotopic (exact) mass is 476 g/mol. The molecule has 2 aromatic heterocycles. The quantitative estimate of drug-likeness (QED) is 0.437. The molecule has 27 heavy (non-hydrogen) atoms. The third-order valence-corrected chi connectivity index (χ3v) is 20.8. The summed E-state index contributed by atoms with van der Waals surface area (Å²) in [5, 5.41) is 0. The Balaban J connectivity index is 2.64. The zero-order valence-electron chi connectivity index (χ0n) is 17.6. The molecule has 0 unspecified atom stereocenters. The van der Waals surface area contributed by atoms with Gasteiger partial charge in [-0.2, -0.15) is 0 Å². The zero-order chi connectivity index (χ0) is 19.7. The van der Waals surface area contributed by atoms with E-state index in [1.807, 2.05) is 18.5 Å². The Morgan fingerprint density at radius 2 is 1.48 bits per heavy atom. The van der Waals surface area contributed by atoms with Gasteiger partial charge in [0.25, 0.3) is 0 Å². The molecule has 2 heterocycles. The van der Waals surface area contributed by atoms with Crippen LogP contribution in [0.4, 0.5) is 5.95 Å². The van der Waals surface area contributed by atoms with Crippen LogP contribution in [0.3, 0.4) is 0 Å². The molecule has 0 aromatic carbocycles. The molecular formula is C22H36N4Sn. The van der Waals surface area contributed by atoms with E-state index >= 15 is 0 Å². The number of aromatic nitrogens is 3. The van der Waals surface area contributed by atoms with Gasteiger partial charge in [0.05, 0.1) is 0 Å². The molecular weight excluding hydrogens is 439 g/mol. The van der Waals surface area contributed by atoms with Crippen LogP contribution in [0.15, 0.2) is 24.5 Å². The molecule has 0 bridgehead atoms. The molecule has 0 aliphatic heterocycles. The van der Waals surface area contributed by atoms with E-state index in [1.54, 1.807) is 0 Å². The number of unbranched alkanes of at least 4 members (excludes halogenated alkanes) is 3. The molecule has 0 amide bonds. The predicted molar refractivity (Wildman–Crippen MR) is 119 cm³/mol. The van der Waals surface area contributed by atoms with Crippen molar-refractivity contribution in [3.63, 3.8) is 0 Å². The first-order valence-corrected chi connectivity index (χ1v) is 18.1. The van der Waals surface area contributed by atoms with Gasteiger partial charge in [-0.1, -0.05) is 0 Å². The SMILES string of the molecule is CCC[CH2][Sn]([CH2]CCC)([CH2]CCC)[c]1nc(N)ncc1-c1cccnc1C. The number of rotatable bonds is 11. The van der Waals surface area contributed by atoms with Crippen molar-refractivity contribution < 1.29 is 0 Å². The first-order valence-electron chi connectivity index (χ1n) is 10.6. The van der Waals surface area contributed by atoms with Crippen molar-refractivity contribution in [3.8, 4) is 11.1 Å². The first-order chi connectivity index (χ1) is 13.1. The molecule has 0 radical (unpaired) electrons. The first kappa shape index (κ1) is 22.1. The van der Waals surface area contributed by atoms with E-state index in [1.165, 1.54) is 66.7 Å². The number of nitrogen functional groups attached to an aromatic ring is 1. The van der Waals surface area contributed by atoms with Gasteiger partial charge < -0.3 is 0 Å². The molecule has 0 atom stereocenters. The molecule has 2 N–H and O–H groups in total. The number of nitrogens with zero attached hydrogens (tertiary/aromatic N) is 3. The van der Waals surface area contributed by atoms with E-state index in [4.69, 9.17) is 10.7 Å². The minimum atomic E-state index is -2.72. The van der Waals surface area contributed by atoms with Crippen molar-refractivity contribution in [1.29, 1.82) is 0 Å². The van der Waals surface area contributed by atoms with E-state index < -0.39 is 18.4 Å². The van der Waals surface area contributed by atoms with Gasteiger partial charge in [-0.05, 0) is 0 Å². The van der Waals surface area contributed by atoms with Crippen LogP contribution in [0.5, 0.6) is 0 Å². The molecule has 0 aliphatic rings. The van der Waals surface area contributed by atoms with Crippen LogP contribution in [0.25, 0.3) is 11.1 Å². The number of hydrogen-bond donors (Lipinski definition) is 1. The summed E-state index contributed by atoms with van der Waals surface area (Å²) in [5.41, 5.74) is 9.55. The van der Waals surface area contributed by atoms with Crippen LogP contribution < -0.4 is 9.44 Å². The fourth-order valence-corrected chi connectivity index (χ4v) is 20.2. The van der Waals surface area contributed by atoms with Gasteiger partial charge in [0, 0.05) is 0 Å². The Hall–Kier alpha value is -1.17. The summed E-state index contributed by atoms with van der Waals surface area (Å²) in [4.78, 5) is 13.9. The molecule has 0 saturated carbocycles. The topological polar surface area (TPSA) is 64.7 Å². The summed E-state index contributed by atoms with van der Waals surface area (Å²) in [6.45, 7) is 8.99. The van der Waals surface area contributed by atoms with Crippen LogP contribution in [0.2, 0.25) is 13.3 Å². The molecule has 0 fully saturated rings. The summed E-state index contributed by atoms with van der Waals surface area (Å²) in [5.74, 6) is 0.431. The summed E-state index contributed by atoms with van der Waals surface area (Å²) in [6.07, 6.45) is 11.5. The second kappa shape index (κ2) is 11.0. The normalized spacial score (nSPS) is 11.7. The number of anilines is 1. The summed E-state index contributed by atoms with van der Waals surface area (Å²) >= 11 is -2.72. The fraction of sp³-hybridized carbons (Fsp3) is 0.591. The average Bonchev–Trinajstić information content (AvgIpc) is 2.68. The number of nitrogens with two attached hydrogens (primary N) is 1. The molecule has 2 aromatic rings. The van der Waals surface area contributed by atoms with E-state index in [9.17, 15) is 0 Å². The maximum absolute atomic E-state index is 6.12. The van der Waals surface area contributed by atoms with Crippen LogP contribution >= 0.6 is 0 Å². The van der Waals surface area contributed by atoms with Gasteiger partial charge in [0.1, 0.15) is 0 Å². The number of hydrogen-bond acceptors (Lipinski definition) is 4. The van der Waals surface area contributed by atoms with Crippen LogP contribution in [0, 0.1) is 6.92 Å². The Morgan fingerprint density at radius 3 is 2.00 bits per heavy atom. The third kappa shape index (κ3) is 5.66. The predicted octanol–water partition coefficient (Wildman–Crippen LogP) is 5.49. The van der Waals surface area contributed by atoms with Gasteiger partial charge in [0.15, 0.2) is 0 Å². The van der Waals surface area contributed by atoms with E-state index in [0.717, 1.165) is 5.69 Å². The summed E-state index contributed by atoms with van der Waals surface area (Å²) in [7, 11) is 0. The molecule has 0 spiro atoms. The van der Waals surface area contributed by atoms with Gasteiger partial charge in [0.2, 0.25) is 0 Å². The van der Waals surface area contributed by atoms with Crippen molar-refractivity contribution in [2.24, 2.45) is 0 Å². The van der Waals surface area contributed by atoms with Crippen LogP contribution in [-0.4, -0.2) is 33.3 Å². The zero-order valence-corrected chi connectivity index (χ0v) is 20.4. The average molecular weight is 475 g/mol. The Kier molecular flexibility index (Phi) is 9.00. The third-order valence-electron chi connectivity index (χ3n) is 5.63. The fourth-order valence-electron chi connectivity index (χ4n) is 4.04. The molecule has 5 heteroatoms. The molecule has 2 rings (SSSR count). The standard InChI is InChI=1S/C10H9N4.3C4H9.Sn/c1-7-9(3-2-4-12-7)8-5-13-10(11)14-6-8;3*1-3-4-2;/h2-5H,1H3,(H2,11,13,14);3*1,3-4H2,2H3;. The van der Waals surface area contributed by atoms with Crippen molar-refractivity contribution in [1.82, 2.24) is 15.0 Å². The molecule has 148 valence electrons. The van der Waals surface area contributed by atoms with E-state index in [2.05, 4.69) is 43.7 Å². The Morgan fingerprint density at radius 1 is 0.889 bits per heavy atom. The van der Waals surface area contributed by atoms with E-state index in [-0.39, 0.29) is 0 Å². The second-order valence-electron chi connectivity index (χ2n) is 7.72. The number of aryl methyl sites for hydroxylation is 1. The van der Waals surface area contributed by atoms with Gasteiger partial charge in [-0.25, -0.2) is 0 Å². The molecule has 0 aliphatic carbocycles. The van der Waals surface area contributed by atoms with Crippen molar-refractivity contribution in [2.45, 2.75) is 79.5 Å². The van der Waals surface area contributed by atoms with Crippen molar-refractivity contribution in [3.05, 3.63) is 30.2 Å². The molecule has 0 saturated heterocycles. The van der Waals surface area contributed by atoms with Gasteiger partial charge in [-0.3, -0.25) is 0 Å². The summed E-state index contributed by atoms with van der Waals surface area (Å²) in [6, 6.07) is 4.18.